The van der Waals surface area contributed by atoms with Crippen LogP contribution in [-0.4, -0.2) is 25.1 Å². The van der Waals surface area contributed by atoms with E-state index in [0.29, 0.717) is 23.2 Å². The van der Waals surface area contributed by atoms with Gasteiger partial charge in [-0.25, -0.2) is 9.07 Å². The average molecular weight is 496 g/mol. The Morgan fingerprint density at radius 2 is 1.89 bits per heavy atom. The maximum Gasteiger partial charge on any atom is 0.223 e. The van der Waals surface area contributed by atoms with E-state index < -0.39 is 0 Å². The van der Waals surface area contributed by atoms with Crippen LogP contribution < -0.4 is 0 Å². The van der Waals surface area contributed by atoms with Crippen LogP contribution in [0.25, 0.3) is 28.3 Å². The minimum Gasteiger partial charge on any atom is -0.361 e. The number of hydrogen-bond acceptors (Lipinski definition) is 6. The third-order valence-corrected chi connectivity index (χ3v) is 8.33. The maximum atomic E-state index is 15.1. The second-order valence-corrected chi connectivity index (χ2v) is 10.5. The van der Waals surface area contributed by atoms with Gasteiger partial charge in [0, 0.05) is 40.5 Å². The lowest BCUT2D eigenvalue weighted by atomic mass is 9.56. The lowest BCUT2D eigenvalue weighted by Gasteiger charge is -2.47. The van der Waals surface area contributed by atoms with Crippen molar-refractivity contribution in [2.75, 3.05) is 0 Å². The van der Waals surface area contributed by atoms with E-state index >= 15 is 4.39 Å². The number of benzene rings is 2. The summed E-state index contributed by atoms with van der Waals surface area (Å²) in [6.45, 7) is 6.33. The highest BCUT2D eigenvalue weighted by Crippen LogP contribution is 2.55. The highest BCUT2D eigenvalue weighted by atomic mass is 19.1. The molecule has 3 heterocycles. The summed E-state index contributed by atoms with van der Waals surface area (Å²) in [6.07, 6.45) is 4.46. The van der Waals surface area contributed by atoms with Crippen molar-refractivity contribution in [2.45, 2.75) is 51.4 Å². The predicted molar refractivity (Wildman–Crippen MR) is 135 cm³/mol. The van der Waals surface area contributed by atoms with E-state index in [2.05, 4.69) is 29.1 Å². The Bertz CT molecular complexity index is 1630. The topological polar surface area (TPSA) is 82.8 Å². The van der Waals surface area contributed by atoms with Gasteiger partial charge in [-0.1, -0.05) is 36.3 Å². The van der Waals surface area contributed by atoms with Crippen LogP contribution in [0.4, 0.5) is 4.39 Å². The van der Waals surface area contributed by atoms with Crippen LogP contribution in [0.15, 0.2) is 63.8 Å². The van der Waals surface area contributed by atoms with E-state index in [9.17, 15) is 0 Å². The molecule has 0 unspecified atom stereocenters. The molecule has 0 spiro atoms. The number of halogens is 1. The molecule has 0 aliphatic heterocycles. The van der Waals surface area contributed by atoms with Gasteiger partial charge in [-0.3, -0.25) is 0 Å². The largest absolute Gasteiger partial charge is 0.361 e. The molecule has 0 saturated heterocycles. The molecule has 0 bridgehead atoms. The standard InChI is InChI=1S/C29H26FN5O2/c1-16-23-13-12-22-25(21-6-4-5-7-24(21)30)33-35(27(22)29(23,3)14-19-15-31-37-26(16)19)20-10-8-18(9-11-20)28-32-17(2)36-34-28/h4-11,15-16,23H,12-14H2,1-3H3/t16-,23-,29-/m1/s1. The summed E-state index contributed by atoms with van der Waals surface area (Å²) in [5, 5.41) is 13.2. The molecule has 0 fully saturated rings. The molecule has 37 heavy (non-hydrogen) atoms. The molecule has 0 radical (unpaired) electrons. The number of aryl methyl sites for hydroxylation is 1. The Labute approximate surface area is 213 Å². The second-order valence-electron chi connectivity index (χ2n) is 10.5. The molecule has 7 rings (SSSR count). The van der Waals surface area contributed by atoms with Crippen molar-refractivity contribution >= 4 is 0 Å². The van der Waals surface area contributed by atoms with Gasteiger partial charge in [0.05, 0.1) is 23.3 Å². The molecular weight excluding hydrogens is 469 g/mol. The monoisotopic (exact) mass is 495 g/mol. The average Bonchev–Trinajstić information content (AvgIpc) is 3.63. The van der Waals surface area contributed by atoms with Gasteiger partial charge >= 0.3 is 0 Å². The molecule has 2 aliphatic carbocycles. The Hall–Kier alpha value is -4.07. The zero-order valence-electron chi connectivity index (χ0n) is 20.9. The zero-order chi connectivity index (χ0) is 25.3. The molecule has 186 valence electrons. The van der Waals surface area contributed by atoms with Crippen molar-refractivity contribution in [1.82, 2.24) is 25.1 Å². The van der Waals surface area contributed by atoms with Crippen molar-refractivity contribution in [1.29, 1.82) is 0 Å². The molecule has 2 aliphatic rings. The first-order chi connectivity index (χ1) is 17.9. The molecule has 0 saturated carbocycles. The smallest absolute Gasteiger partial charge is 0.223 e. The number of fused-ring (bicyclic) bond motifs is 4. The van der Waals surface area contributed by atoms with Gasteiger partial charge in [0.25, 0.3) is 0 Å². The van der Waals surface area contributed by atoms with Gasteiger partial charge in [-0.2, -0.15) is 10.1 Å². The highest BCUT2D eigenvalue weighted by molar-refractivity contribution is 5.68. The highest BCUT2D eigenvalue weighted by Gasteiger charge is 2.51. The van der Waals surface area contributed by atoms with Crippen molar-refractivity contribution in [3.63, 3.8) is 0 Å². The first-order valence-electron chi connectivity index (χ1n) is 12.7. The van der Waals surface area contributed by atoms with Crippen LogP contribution >= 0.6 is 0 Å². The fraction of sp³-hybridized carbons (Fsp3) is 0.310. The summed E-state index contributed by atoms with van der Waals surface area (Å²) in [5.74, 6) is 2.38. The summed E-state index contributed by atoms with van der Waals surface area (Å²) >= 11 is 0. The molecule has 5 aromatic rings. The van der Waals surface area contributed by atoms with E-state index in [1.807, 2.05) is 47.3 Å². The minimum atomic E-state index is -0.261. The van der Waals surface area contributed by atoms with Crippen LogP contribution in [-0.2, 0) is 18.3 Å². The molecule has 0 amide bonds. The van der Waals surface area contributed by atoms with E-state index in [4.69, 9.17) is 14.1 Å². The number of hydrogen-bond donors (Lipinski definition) is 0. The third kappa shape index (κ3) is 3.24. The Balaban J connectivity index is 1.43. The van der Waals surface area contributed by atoms with Crippen molar-refractivity contribution in [2.24, 2.45) is 5.92 Å². The van der Waals surface area contributed by atoms with Gasteiger partial charge in [0.1, 0.15) is 11.6 Å². The summed E-state index contributed by atoms with van der Waals surface area (Å²) < 4.78 is 27.9. The molecule has 8 heteroatoms. The van der Waals surface area contributed by atoms with Gasteiger partial charge in [0.2, 0.25) is 11.7 Å². The fourth-order valence-electron chi connectivity index (χ4n) is 6.66. The number of aromatic nitrogens is 5. The maximum absolute atomic E-state index is 15.1. The van der Waals surface area contributed by atoms with Gasteiger partial charge in [-0.15, -0.1) is 0 Å². The van der Waals surface area contributed by atoms with Crippen LogP contribution in [0.3, 0.4) is 0 Å². The Morgan fingerprint density at radius 1 is 1.08 bits per heavy atom. The van der Waals surface area contributed by atoms with Crippen LogP contribution in [0.2, 0.25) is 0 Å². The summed E-state index contributed by atoms with van der Waals surface area (Å²) in [7, 11) is 0. The normalized spacial score (nSPS) is 22.4. The molecule has 3 atom stereocenters. The Morgan fingerprint density at radius 3 is 2.65 bits per heavy atom. The SMILES string of the molecule is Cc1nc(-c2ccc(-n3nc(-c4ccccc4F)c4c3[C@]3(C)Cc5cnoc5[C@H](C)[C@H]3CC4)cc2)no1. The molecular formula is C29H26FN5O2. The van der Waals surface area contributed by atoms with Crippen molar-refractivity contribution in [3.05, 3.63) is 89.0 Å². The quantitative estimate of drug-likeness (QED) is 0.296. The minimum absolute atomic E-state index is 0.217. The second kappa shape index (κ2) is 7.96. The third-order valence-electron chi connectivity index (χ3n) is 8.33. The van der Waals surface area contributed by atoms with Crippen LogP contribution in [0, 0.1) is 18.7 Å². The van der Waals surface area contributed by atoms with Crippen LogP contribution in [0.1, 0.15) is 54.7 Å². The fourth-order valence-corrected chi connectivity index (χ4v) is 6.66. The van der Waals surface area contributed by atoms with Crippen molar-refractivity contribution < 1.29 is 13.4 Å². The summed E-state index contributed by atoms with van der Waals surface area (Å²) in [6, 6.07) is 14.9. The predicted octanol–water partition coefficient (Wildman–Crippen LogP) is 6.20. The summed E-state index contributed by atoms with van der Waals surface area (Å²) in [4.78, 5) is 4.34. The zero-order valence-corrected chi connectivity index (χ0v) is 20.9. The number of rotatable bonds is 3. The van der Waals surface area contributed by atoms with Gasteiger partial charge in [0.15, 0.2) is 0 Å². The first-order valence-corrected chi connectivity index (χ1v) is 12.7. The summed E-state index contributed by atoms with van der Waals surface area (Å²) in [5.41, 5.74) is 6.21. The van der Waals surface area contributed by atoms with E-state index in [1.54, 1.807) is 13.0 Å². The molecule has 0 N–H and O–H groups in total. The first kappa shape index (κ1) is 22.2. The van der Waals surface area contributed by atoms with Crippen molar-refractivity contribution in [3.8, 4) is 28.3 Å². The lowest BCUT2D eigenvalue weighted by molar-refractivity contribution is 0.170. The molecule has 7 nitrogen and oxygen atoms in total. The number of nitrogens with zero attached hydrogens (tertiary/aromatic N) is 5. The van der Waals surface area contributed by atoms with Gasteiger partial charge < -0.3 is 9.05 Å². The van der Waals surface area contributed by atoms with Gasteiger partial charge in [-0.05, 0) is 61.6 Å². The molecule has 2 aromatic carbocycles. The lowest BCUT2D eigenvalue weighted by Crippen LogP contribution is -2.45. The van der Waals surface area contributed by atoms with E-state index in [1.165, 1.54) is 6.07 Å². The molecule has 3 aromatic heterocycles. The Kier molecular flexibility index (Phi) is 4.77. The van der Waals surface area contributed by atoms with Crippen LogP contribution in [0.5, 0.6) is 0 Å². The van der Waals surface area contributed by atoms with E-state index in [-0.39, 0.29) is 17.2 Å². The van der Waals surface area contributed by atoms with E-state index in [0.717, 1.165) is 58.8 Å².